The Balaban J connectivity index is 1.37. The number of anilines is 1. The van der Waals surface area contributed by atoms with E-state index < -0.39 is 11.4 Å². The number of nitrogens with one attached hydrogen (secondary N) is 1. The number of benzene rings is 2. The van der Waals surface area contributed by atoms with Crippen LogP contribution in [0.4, 0.5) is 15.8 Å². The third-order valence-corrected chi connectivity index (χ3v) is 5.46. The number of rotatable bonds is 4. The number of amides is 1. The van der Waals surface area contributed by atoms with E-state index in [2.05, 4.69) is 14.7 Å². The fourth-order valence-corrected chi connectivity index (χ4v) is 3.89. The van der Waals surface area contributed by atoms with Crippen molar-refractivity contribution in [3.63, 3.8) is 0 Å². The zero-order chi connectivity index (χ0) is 21.1. The number of hydrogen-bond donors (Lipinski definition) is 1. The molecule has 0 spiro atoms. The van der Waals surface area contributed by atoms with Gasteiger partial charge in [0, 0.05) is 44.0 Å². The quantitative estimate of drug-likeness (QED) is 0.677. The number of pyridine rings is 1. The van der Waals surface area contributed by atoms with Gasteiger partial charge in [-0.3, -0.25) is 9.59 Å². The minimum Gasteiger partial charge on any atom is -0.377 e. The van der Waals surface area contributed by atoms with Crippen LogP contribution in [0.3, 0.4) is 0 Å². The van der Waals surface area contributed by atoms with Crippen molar-refractivity contribution in [2.45, 2.75) is 12.8 Å². The van der Waals surface area contributed by atoms with Gasteiger partial charge in [-0.05, 0) is 30.0 Å². The average molecular weight is 404 g/mol. The number of hydrogen-bond acceptors (Lipinski definition) is 3. The van der Waals surface area contributed by atoms with Gasteiger partial charge in [-0.25, -0.2) is 9.24 Å². The summed E-state index contributed by atoms with van der Waals surface area (Å²) in [6, 6.07) is 13.7. The molecule has 0 aliphatic carbocycles. The van der Waals surface area contributed by atoms with E-state index in [0.29, 0.717) is 49.4 Å². The Morgan fingerprint density at radius 2 is 1.87 bits per heavy atom. The van der Waals surface area contributed by atoms with Gasteiger partial charge >= 0.3 is 0 Å². The molecule has 3 aromatic rings. The smallest absolute Gasteiger partial charge is 0.258 e. The van der Waals surface area contributed by atoms with E-state index in [1.54, 1.807) is 24.3 Å². The maximum absolute atomic E-state index is 13.8. The van der Waals surface area contributed by atoms with E-state index in [4.69, 9.17) is 6.57 Å². The average Bonchev–Trinajstić information content (AvgIpc) is 2.77. The maximum atomic E-state index is 13.8. The first-order valence-electron chi connectivity index (χ1n) is 9.86. The third kappa shape index (κ3) is 3.90. The summed E-state index contributed by atoms with van der Waals surface area (Å²) >= 11 is 0. The molecule has 6 nitrogen and oxygen atoms in total. The number of para-hydroxylation sites is 2. The first-order valence-corrected chi connectivity index (χ1v) is 9.86. The molecule has 0 bridgehead atoms. The van der Waals surface area contributed by atoms with Crippen molar-refractivity contribution in [2.24, 2.45) is 0 Å². The molecule has 2 aromatic carbocycles. The van der Waals surface area contributed by atoms with Crippen molar-refractivity contribution in [3.05, 3.63) is 81.8 Å². The topological polar surface area (TPSA) is 60.8 Å². The van der Waals surface area contributed by atoms with Crippen LogP contribution in [-0.4, -0.2) is 42.0 Å². The Bertz CT molecular complexity index is 1190. The van der Waals surface area contributed by atoms with Gasteiger partial charge in [0.2, 0.25) is 11.6 Å². The summed E-state index contributed by atoms with van der Waals surface area (Å²) in [5, 5.41) is 0.580. The molecule has 1 aromatic heterocycles. The van der Waals surface area contributed by atoms with Crippen LogP contribution in [0.1, 0.15) is 12.1 Å². The maximum Gasteiger partial charge on any atom is 0.258 e. The summed E-state index contributed by atoms with van der Waals surface area (Å²) in [7, 11) is 0. The number of carbonyl (C=O) groups is 1. The van der Waals surface area contributed by atoms with Crippen molar-refractivity contribution in [1.29, 1.82) is 0 Å². The van der Waals surface area contributed by atoms with Crippen molar-refractivity contribution >= 4 is 28.1 Å². The Morgan fingerprint density at radius 3 is 2.63 bits per heavy atom. The van der Waals surface area contributed by atoms with Gasteiger partial charge in [0.1, 0.15) is 5.82 Å². The number of aromatic nitrogens is 1. The highest BCUT2D eigenvalue weighted by atomic mass is 19.1. The number of aromatic amines is 1. The molecule has 0 atom stereocenters. The van der Waals surface area contributed by atoms with Gasteiger partial charge in [0.05, 0.1) is 12.0 Å². The molecular weight excluding hydrogens is 383 g/mol. The number of carbonyl (C=O) groups excluding carboxylic acids is 1. The normalized spacial score (nSPS) is 14.0. The van der Waals surface area contributed by atoms with Crippen LogP contribution in [0.25, 0.3) is 15.6 Å². The lowest BCUT2D eigenvalue weighted by Crippen LogP contribution is -2.48. The molecule has 0 saturated carbocycles. The number of aryl methyl sites for hydroxylation is 1. The molecule has 4 rings (SSSR count). The van der Waals surface area contributed by atoms with Crippen LogP contribution in [-0.2, 0) is 11.2 Å². The van der Waals surface area contributed by atoms with Gasteiger partial charge in [0.15, 0.2) is 0 Å². The van der Waals surface area contributed by atoms with Gasteiger partial charge in [0.25, 0.3) is 5.56 Å². The Hall–Kier alpha value is -3.66. The lowest BCUT2D eigenvalue weighted by Gasteiger charge is -2.36. The lowest BCUT2D eigenvalue weighted by atomic mass is 10.1. The highest BCUT2D eigenvalue weighted by Gasteiger charge is 2.22. The molecule has 1 N–H and O–H groups in total. The summed E-state index contributed by atoms with van der Waals surface area (Å²) in [6.45, 7) is 9.83. The molecule has 1 amide bonds. The SMILES string of the molecule is [C-]#[N+]c1ccccc1N1CCN(C(=O)CCc2cc3cccc(F)c3c(=O)[nH]2)CC1. The summed E-state index contributed by atoms with van der Waals surface area (Å²) < 4.78 is 13.8. The zero-order valence-electron chi connectivity index (χ0n) is 16.4. The van der Waals surface area contributed by atoms with Crippen molar-refractivity contribution in [1.82, 2.24) is 9.88 Å². The number of piperazine rings is 1. The first kappa shape index (κ1) is 19.6. The molecule has 1 aliphatic rings. The van der Waals surface area contributed by atoms with Gasteiger partial charge in [-0.1, -0.05) is 30.3 Å². The third-order valence-electron chi connectivity index (χ3n) is 5.46. The first-order chi connectivity index (χ1) is 14.6. The largest absolute Gasteiger partial charge is 0.377 e. The van der Waals surface area contributed by atoms with Crippen molar-refractivity contribution in [3.8, 4) is 0 Å². The van der Waals surface area contributed by atoms with Crippen molar-refractivity contribution < 1.29 is 9.18 Å². The van der Waals surface area contributed by atoms with Crippen LogP contribution >= 0.6 is 0 Å². The molecule has 2 heterocycles. The molecule has 1 aliphatic heterocycles. The monoisotopic (exact) mass is 404 g/mol. The number of nitrogens with zero attached hydrogens (tertiary/aromatic N) is 3. The molecule has 7 heteroatoms. The Kier molecular flexibility index (Phi) is 5.48. The predicted octanol–water partition coefficient (Wildman–Crippen LogP) is 3.50. The molecule has 1 saturated heterocycles. The van der Waals surface area contributed by atoms with E-state index in [9.17, 15) is 14.0 Å². The Morgan fingerprint density at radius 1 is 1.10 bits per heavy atom. The van der Waals surface area contributed by atoms with E-state index in [-0.39, 0.29) is 17.7 Å². The minimum absolute atomic E-state index is 0.0216. The van der Waals surface area contributed by atoms with E-state index in [1.807, 2.05) is 23.1 Å². The van der Waals surface area contributed by atoms with Crippen molar-refractivity contribution in [2.75, 3.05) is 31.1 Å². The molecule has 152 valence electrons. The summed E-state index contributed by atoms with van der Waals surface area (Å²) in [6.07, 6.45) is 0.663. The molecule has 30 heavy (non-hydrogen) atoms. The van der Waals surface area contributed by atoms with Crippen LogP contribution in [0.15, 0.2) is 53.3 Å². The number of fused-ring (bicyclic) bond motifs is 1. The molecule has 0 radical (unpaired) electrons. The van der Waals surface area contributed by atoms with E-state index in [0.717, 1.165) is 5.69 Å². The summed E-state index contributed by atoms with van der Waals surface area (Å²) in [5.74, 6) is -0.526. The van der Waals surface area contributed by atoms with Crippen LogP contribution in [0.2, 0.25) is 0 Å². The molecule has 0 unspecified atom stereocenters. The fourth-order valence-electron chi connectivity index (χ4n) is 3.89. The summed E-state index contributed by atoms with van der Waals surface area (Å²) in [4.78, 5) is 35.0. The zero-order valence-corrected chi connectivity index (χ0v) is 16.4. The van der Waals surface area contributed by atoms with Crippen LogP contribution < -0.4 is 10.5 Å². The van der Waals surface area contributed by atoms with Gasteiger partial charge < -0.3 is 14.8 Å². The minimum atomic E-state index is -0.547. The number of H-pyrrole nitrogens is 1. The summed E-state index contributed by atoms with van der Waals surface area (Å²) in [5.41, 5.74) is 1.67. The molecule has 1 fully saturated rings. The fraction of sp³-hybridized carbons (Fsp3) is 0.261. The second-order valence-electron chi connectivity index (χ2n) is 7.30. The highest BCUT2D eigenvalue weighted by molar-refractivity contribution is 5.82. The van der Waals surface area contributed by atoms with Crippen LogP contribution in [0, 0.1) is 12.4 Å². The predicted molar refractivity (Wildman–Crippen MR) is 114 cm³/mol. The van der Waals surface area contributed by atoms with Gasteiger partial charge in [-0.15, -0.1) is 0 Å². The number of halogens is 1. The second-order valence-corrected chi connectivity index (χ2v) is 7.30. The highest BCUT2D eigenvalue weighted by Crippen LogP contribution is 2.29. The Labute approximate surface area is 173 Å². The lowest BCUT2D eigenvalue weighted by molar-refractivity contribution is -0.131. The molecular formula is C23H21FN4O2. The second kappa shape index (κ2) is 8.37. The van der Waals surface area contributed by atoms with Crippen LogP contribution in [0.5, 0.6) is 0 Å². The van der Waals surface area contributed by atoms with E-state index in [1.165, 1.54) is 6.07 Å². The standard InChI is InChI=1S/C23H21FN4O2/c1-25-19-7-2-3-8-20(19)27-11-13-28(14-12-27)21(29)10-9-17-15-16-5-4-6-18(24)22(16)23(30)26-17/h2-8,15H,9-14H2,(H,26,30). The van der Waals surface area contributed by atoms with Gasteiger partial charge in [-0.2, -0.15) is 0 Å². The van der Waals surface area contributed by atoms with E-state index >= 15 is 0 Å².